The van der Waals surface area contributed by atoms with Gasteiger partial charge in [-0.2, -0.15) is 0 Å². The van der Waals surface area contributed by atoms with Crippen molar-refractivity contribution in [2.45, 2.75) is 32.8 Å². The van der Waals surface area contributed by atoms with Crippen LogP contribution in [0.5, 0.6) is 0 Å². The van der Waals surface area contributed by atoms with Crippen LogP contribution in [-0.2, 0) is 4.74 Å². The third-order valence-corrected chi connectivity index (χ3v) is 3.96. The minimum atomic E-state index is -0.124. The van der Waals surface area contributed by atoms with Gasteiger partial charge in [0.05, 0.1) is 6.61 Å². The SMILES string of the molecule is CC1=C2N(CCOC2(C)C)C2=CC=CCC21. The Morgan fingerprint density at radius 1 is 1.44 bits per heavy atom. The number of allylic oxidation sites excluding steroid dienone is 4. The lowest BCUT2D eigenvalue weighted by Crippen LogP contribution is -2.43. The Balaban J connectivity index is 2.10. The van der Waals surface area contributed by atoms with E-state index in [1.807, 2.05) is 0 Å². The molecule has 1 saturated heterocycles. The minimum Gasteiger partial charge on any atom is -0.368 e. The first-order chi connectivity index (χ1) is 7.61. The van der Waals surface area contributed by atoms with Gasteiger partial charge in [0, 0.05) is 23.9 Å². The molecule has 86 valence electrons. The summed E-state index contributed by atoms with van der Waals surface area (Å²) in [7, 11) is 0. The molecule has 0 amide bonds. The molecule has 1 unspecified atom stereocenters. The first-order valence-corrected chi connectivity index (χ1v) is 6.11. The first kappa shape index (κ1) is 10.2. The van der Waals surface area contributed by atoms with E-state index >= 15 is 0 Å². The molecule has 3 rings (SSSR count). The van der Waals surface area contributed by atoms with Crippen LogP contribution in [0, 0.1) is 5.92 Å². The smallest absolute Gasteiger partial charge is 0.102 e. The summed E-state index contributed by atoms with van der Waals surface area (Å²) in [5.74, 6) is 0.598. The van der Waals surface area contributed by atoms with E-state index in [9.17, 15) is 0 Å². The Morgan fingerprint density at radius 2 is 2.25 bits per heavy atom. The highest BCUT2D eigenvalue weighted by atomic mass is 16.5. The molecule has 16 heavy (non-hydrogen) atoms. The lowest BCUT2D eigenvalue weighted by molar-refractivity contribution is -0.0405. The van der Waals surface area contributed by atoms with E-state index in [0.717, 1.165) is 19.6 Å². The molecule has 0 aromatic heterocycles. The molecule has 3 aliphatic rings. The van der Waals surface area contributed by atoms with Crippen LogP contribution in [-0.4, -0.2) is 23.7 Å². The quantitative estimate of drug-likeness (QED) is 0.618. The van der Waals surface area contributed by atoms with Gasteiger partial charge in [-0.15, -0.1) is 0 Å². The zero-order chi connectivity index (χ0) is 11.3. The van der Waals surface area contributed by atoms with E-state index < -0.39 is 0 Å². The average molecular weight is 217 g/mol. The fourth-order valence-electron chi connectivity index (χ4n) is 3.30. The molecule has 1 fully saturated rings. The van der Waals surface area contributed by atoms with Crippen LogP contribution in [0.3, 0.4) is 0 Å². The summed E-state index contributed by atoms with van der Waals surface area (Å²) < 4.78 is 5.91. The van der Waals surface area contributed by atoms with Gasteiger partial charge in [0.25, 0.3) is 0 Å². The van der Waals surface area contributed by atoms with Gasteiger partial charge in [-0.25, -0.2) is 0 Å². The normalized spacial score (nSPS) is 31.3. The van der Waals surface area contributed by atoms with Crippen LogP contribution in [0.2, 0.25) is 0 Å². The van der Waals surface area contributed by atoms with Gasteiger partial charge in [0.15, 0.2) is 0 Å². The van der Waals surface area contributed by atoms with Crippen LogP contribution in [0.15, 0.2) is 35.2 Å². The maximum atomic E-state index is 5.91. The second kappa shape index (κ2) is 3.24. The van der Waals surface area contributed by atoms with Gasteiger partial charge >= 0.3 is 0 Å². The second-order valence-electron chi connectivity index (χ2n) is 5.35. The van der Waals surface area contributed by atoms with Crippen molar-refractivity contribution in [2.24, 2.45) is 5.92 Å². The molecule has 0 aromatic rings. The van der Waals surface area contributed by atoms with Crippen LogP contribution < -0.4 is 0 Å². The molecule has 2 aliphatic heterocycles. The highest BCUT2D eigenvalue weighted by Gasteiger charge is 2.43. The van der Waals surface area contributed by atoms with Crippen LogP contribution in [0.4, 0.5) is 0 Å². The summed E-state index contributed by atoms with van der Waals surface area (Å²) in [6.45, 7) is 8.47. The molecular formula is C14H19NO. The molecule has 0 aromatic carbocycles. The zero-order valence-electron chi connectivity index (χ0n) is 10.3. The van der Waals surface area contributed by atoms with E-state index in [1.165, 1.54) is 17.0 Å². The molecule has 1 aliphatic carbocycles. The van der Waals surface area contributed by atoms with Crippen molar-refractivity contribution in [3.63, 3.8) is 0 Å². The summed E-state index contributed by atoms with van der Waals surface area (Å²) in [6.07, 6.45) is 7.87. The summed E-state index contributed by atoms with van der Waals surface area (Å²) in [5.41, 5.74) is 4.26. The Bertz CT molecular complexity index is 414. The van der Waals surface area contributed by atoms with Gasteiger partial charge in [-0.05, 0) is 38.8 Å². The number of hydrogen-bond donors (Lipinski definition) is 0. The Morgan fingerprint density at radius 3 is 3.06 bits per heavy atom. The predicted octanol–water partition coefficient (Wildman–Crippen LogP) is 2.84. The molecule has 2 heterocycles. The number of fused-ring (bicyclic) bond motifs is 3. The van der Waals surface area contributed by atoms with Crippen molar-refractivity contribution >= 4 is 0 Å². The van der Waals surface area contributed by atoms with E-state index in [-0.39, 0.29) is 5.60 Å². The molecular weight excluding hydrogens is 198 g/mol. The van der Waals surface area contributed by atoms with Gasteiger partial charge in [-0.1, -0.05) is 12.2 Å². The molecule has 0 bridgehead atoms. The summed E-state index contributed by atoms with van der Waals surface area (Å²) >= 11 is 0. The Kier molecular flexibility index (Phi) is 2.05. The predicted molar refractivity (Wildman–Crippen MR) is 64.8 cm³/mol. The molecule has 1 atom stereocenters. The maximum Gasteiger partial charge on any atom is 0.102 e. The average Bonchev–Trinajstić information content (AvgIpc) is 2.54. The fraction of sp³-hybridized carbons (Fsp3) is 0.571. The van der Waals surface area contributed by atoms with E-state index in [4.69, 9.17) is 4.74 Å². The van der Waals surface area contributed by atoms with Crippen molar-refractivity contribution in [3.05, 3.63) is 35.2 Å². The second-order valence-corrected chi connectivity index (χ2v) is 5.35. The third kappa shape index (κ3) is 1.23. The number of rotatable bonds is 0. The van der Waals surface area contributed by atoms with Gasteiger partial charge in [-0.3, -0.25) is 0 Å². The van der Waals surface area contributed by atoms with Gasteiger partial charge in [0.1, 0.15) is 5.60 Å². The zero-order valence-corrected chi connectivity index (χ0v) is 10.3. The molecule has 2 heteroatoms. The minimum absolute atomic E-state index is 0.124. The third-order valence-electron chi connectivity index (χ3n) is 3.96. The van der Waals surface area contributed by atoms with Gasteiger partial charge < -0.3 is 9.64 Å². The molecule has 0 radical (unpaired) electrons. The lowest BCUT2D eigenvalue weighted by atomic mass is 9.90. The topological polar surface area (TPSA) is 12.5 Å². The monoisotopic (exact) mass is 217 g/mol. The highest BCUT2D eigenvalue weighted by Crippen LogP contribution is 2.46. The van der Waals surface area contributed by atoms with Crippen LogP contribution in [0.1, 0.15) is 27.2 Å². The van der Waals surface area contributed by atoms with Gasteiger partial charge in [0.2, 0.25) is 0 Å². The fourth-order valence-corrected chi connectivity index (χ4v) is 3.30. The number of morpholine rings is 1. The van der Waals surface area contributed by atoms with Crippen molar-refractivity contribution in [2.75, 3.05) is 13.2 Å². The largest absolute Gasteiger partial charge is 0.368 e. The summed E-state index contributed by atoms with van der Waals surface area (Å²) in [6, 6.07) is 0. The van der Waals surface area contributed by atoms with E-state index in [2.05, 4.69) is 43.9 Å². The van der Waals surface area contributed by atoms with E-state index in [1.54, 1.807) is 0 Å². The highest BCUT2D eigenvalue weighted by molar-refractivity contribution is 5.42. The number of ether oxygens (including phenoxy) is 1. The lowest BCUT2D eigenvalue weighted by Gasteiger charge is -2.40. The van der Waals surface area contributed by atoms with Crippen molar-refractivity contribution in [1.82, 2.24) is 4.90 Å². The van der Waals surface area contributed by atoms with E-state index in [0.29, 0.717) is 5.92 Å². The molecule has 0 spiro atoms. The number of hydrogen-bond acceptors (Lipinski definition) is 2. The summed E-state index contributed by atoms with van der Waals surface area (Å²) in [4.78, 5) is 2.48. The Labute approximate surface area is 97.3 Å². The standard InChI is InChI=1S/C14H19NO/c1-10-11-6-4-5-7-12(11)15-8-9-16-14(2,3)13(10)15/h4-5,7,11H,6,8-9H2,1-3H3. The molecule has 0 N–H and O–H groups in total. The Hall–Kier alpha value is -1.02. The number of nitrogens with zero attached hydrogens (tertiary/aromatic N) is 1. The van der Waals surface area contributed by atoms with Crippen molar-refractivity contribution in [3.8, 4) is 0 Å². The molecule has 2 nitrogen and oxygen atoms in total. The van der Waals surface area contributed by atoms with Crippen LogP contribution in [0.25, 0.3) is 0 Å². The van der Waals surface area contributed by atoms with Crippen molar-refractivity contribution < 1.29 is 4.74 Å². The maximum absolute atomic E-state index is 5.91. The molecule has 0 saturated carbocycles. The summed E-state index contributed by atoms with van der Waals surface area (Å²) in [5, 5.41) is 0. The first-order valence-electron chi connectivity index (χ1n) is 6.11. The van der Waals surface area contributed by atoms with Crippen LogP contribution >= 0.6 is 0 Å². The van der Waals surface area contributed by atoms with Crippen molar-refractivity contribution in [1.29, 1.82) is 0 Å².